The average molecular weight is 407 g/mol. The molecule has 0 heterocycles. The Morgan fingerprint density at radius 3 is 2.45 bits per heavy atom. The van der Waals surface area contributed by atoms with Crippen LogP contribution in [0.15, 0.2) is 36.4 Å². The number of benzene rings is 2. The van der Waals surface area contributed by atoms with Gasteiger partial charge in [-0.3, -0.25) is 4.79 Å². The SMILES string of the molecule is COC(=O)Cc1ccc(OC)c(-c2ccc(C(F)(F)F)cc2CNC2CCC2)c1. The summed E-state index contributed by atoms with van der Waals surface area (Å²) in [4.78, 5) is 11.6. The monoisotopic (exact) mass is 407 g/mol. The molecule has 0 aliphatic heterocycles. The summed E-state index contributed by atoms with van der Waals surface area (Å²) in [6.45, 7) is 0.328. The minimum atomic E-state index is -4.42. The highest BCUT2D eigenvalue weighted by molar-refractivity contribution is 5.77. The van der Waals surface area contributed by atoms with Crippen molar-refractivity contribution in [3.8, 4) is 16.9 Å². The maximum atomic E-state index is 13.3. The molecule has 0 bridgehead atoms. The highest BCUT2D eigenvalue weighted by atomic mass is 19.4. The molecule has 2 aromatic carbocycles. The number of rotatable bonds is 7. The van der Waals surface area contributed by atoms with Crippen molar-refractivity contribution in [2.45, 2.75) is 44.4 Å². The standard InChI is InChI=1S/C22H24F3NO3/c1-28-20-9-6-14(11-21(27)29-2)10-19(20)18-8-7-16(22(23,24)25)12-15(18)13-26-17-4-3-5-17/h6-10,12,17,26H,3-5,11,13H2,1-2H3. The largest absolute Gasteiger partial charge is 0.496 e. The van der Waals surface area contributed by atoms with E-state index in [-0.39, 0.29) is 12.4 Å². The smallest absolute Gasteiger partial charge is 0.416 e. The summed E-state index contributed by atoms with van der Waals surface area (Å²) in [6.07, 6.45) is -1.14. The maximum Gasteiger partial charge on any atom is 0.416 e. The van der Waals surface area contributed by atoms with E-state index in [1.54, 1.807) is 18.2 Å². The Hall–Kier alpha value is -2.54. The third kappa shape index (κ3) is 5.09. The van der Waals surface area contributed by atoms with Gasteiger partial charge in [-0.25, -0.2) is 0 Å². The predicted octanol–water partition coefficient (Wildman–Crippen LogP) is 4.74. The number of halogens is 3. The van der Waals surface area contributed by atoms with Crippen molar-refractivity contribution in [2.24, 2.45) is 0 Å². The van der Waals surface area contributed by atoms with Gasteiger partial charge in [-0.2, -0.15) is 13.2 Å². The summed E-state index contributed by atoms with van der Waals surface area (Å²) in [5.41, 5.74) is 1.85. The Kier molecular flexibility index (Phi) is 6.47. The lowest BCUT2D eigenvalue weighted by Gasteiger charge is -2.27. The molecule has 1 N–H and O–H groups in total. The van der Waals surface area contributed by atoms with Crippen LogP contribution in [0.4, 0.5) is 13.2 Å². The Balaban J connectivity index is 2.02. The molecule has 0 amide bonds. The Morgan fingerprint density at radius 1 is 1.10 bits per heavy atom. The van der Waals surface area contributed by atoms with E-state index in [2.05, 4.69) is 5.32 Å². The van der Waals surface area contributed by atoms with Gasteiger partial charge >= 0.3 is 12.1 Å². The van der Waals surface area contributed by atoms with Crippen LogP contribution in [0.3, 0.4) is 0 Å². The molecule has 0 unspecified atom stereocenters. The molecule has 0 saturated heterocycles. The number of nitrogens with one attached hydrogen (secondary N) is 1. The quantitative estimate of drug-likeness (QED) is 0.674. The molecule has 0 spiro atoms. The first-order valence-electron chi connectivity index (χ1n) is 9.49. The summed E-state index contributed by atoms with van der Waals surface area (Å²) in [7, 11) is 2.82. The number of methoxy groups -OCH3 is 2. The van der Waals surface area contributed by atoms with Gasteiger partial charge in [0.2, 0.25) is 0 Å². The van der Waals surface area contributed by atoms with Crippen LogP contribution in [0.25, 0.3) is 11.1 Å². The predicted molar refractivity (Wildman–Crippen MR) is 104 cm³/mol. The van der Waals surface area contributed by atoms with Gasteiger partial charge in [0.1, 0.15) is 5.75 Å². The van der Waals surface area contributed by atoms with E-state index in [9.17, 15) is 18.0 Å². The molecule has 29 heavy (non-hydrogen) atoms. The highest BCUT2D eigenvalue weighted by Crippen LogP contribution is 2.37. The molecule has 1 saturated carbocycles. The lowest BCUT2D eigenvalue weighted by molar-refractivity contribution is -0.140. The van der Waals surface area contributed by atoms with Gasteiger partial charge in [-0.05, 0) is 53.8 Å². The van der Waals surface area contributed by atoms with Gasteiger partial charge in [0.05, 0.1) is 26.2 Å². The molecule has 1 fully saturated rings. The van der Waals surface area contributed by atoms with Gasteiger partial charge in [-0.15, -0.1) is 0 Å². The third-order valence-electron chi connectivity index (χ3n) is 5.25. The topological polar surface area (TPSA) is 47.6 Å². The van der Waals surface area contributed by atoms with Gasteiger partial charge in [0.25, 0.3) is 0 Å². The number of esters is 1. The van der Waals surface area contributed by atoms with Crippen molar-refractivity contribution >= 4 is 5.97 Å². The van der Waals surface area contributed by atoms with Crippen LogP contribution in [0.5, 0.6) is 5.75 Å². The number of alkyl halides is 3. The zero-order valence-electron chi connectivity index (χ0n) is 16.4. The van der Waals surface area contributed by atoms with E-state index in [1.165, 1.54) is 26.4 Å². The number of hydrogen-bond acceptors (Lipinski definition) is 4. The molecular formula is C22H24F3NO3. The van der Waals surface area contributed by atoms with Crippen molar-refractivity contribution in [3.63, 3.8) is 0 Å². The second kappa shape index (κ2) is 8.86. The first-order chi connectivity index (χ1) is 13.8. The van der Waals surface area contributed by atoms with Crippen LogP contribution in [-0.2, 0) is 28.7 Å². The molecule has 1 aliphatic carbocycles. The summed E-state index contributed by atoms with van der Waals surface area (Å²) in [5.74, 6) is 0.142. The molecule has 1 aliphatic rings. The van der Waals surface area contributed by atoms with Gasteiger partial charge < -0.3 is 14.8 Å². The van der Waals surface area contributed by atoms with E-state index in [4.69, 9.17) is 9.47 Å². The van der Waals surface area contributed by atoms with Crippen LogP contribution < -0.4 is 10.1 Å². The fraction of sp³-hybridized carbons (Fsp3) is 0.409. The minimum absolute atomic E-state index is 0.0732. The number of carbonyl (C=O) groups is 1. The van der Waals surface area contributed by atoms with E-state index >= 15 is 0 Å². The highest BCUT2D eigenvalue weighted by Gasteiger charge is 2.31. The van der Waals surface area contributed by atoms with Gasteiger partial charge in [0, 0.05) is 18.2 Å². The molecule has 0 aromatic heterocycles. The van der Waals surface area contributed by atoms with Gasteiger partial charge in [0.15, 0.2) is 0 Å². The molecule has 3 rings (SSSR count). The zero-order valence-corrected chi connectivity index (χ0v) is 16.4. The van der Waals surface area contributed by atoms with Crippen LogP contribution >= 0.6 is 0 Å². The molecule has 7 heteroatoms. The van der Waals surface area contributed by atoms with Crippen molar-refractivity contribution in [3.05, 3.63) is 53.1 Å². The second-order valence-electron chi connectivity index (χ2n) is 7.17. The summed E-state index contributed by atoms with van der Waals surface area (Å²) >= 11 is 0. The molecule has 0 atom stereocenters. The van der Waals surface area contributed by atoms with Gasteiger partial charge in [-0.1, -0.05) is 18.6 Å². The molecule has 156 valence electrons. The Labute approximate surface area is 168 Å². The molecule has 4 nitrogen and oxygen atoms in total. The van der Waals surface area contributed by atoms with E-state index in [0.717, 1.165) is 25.3 Å². The number of carbonyl (C=O) groups excluding carboxylic acids is 1. The zero-order chi connectivity index (χ0) is 21.0. The Bertz CT molecular complexity index is 876. The van der Waals surface area contributed by atoms with Crippen molar-refractivity contribution in [2.75, 3.05) is 14.2 Å². The molecule has 2 aromatic rings. The first-order valence-corrected chi connectivity index (χ1v) is 9.49. The Morgan fingerprint density at radius 2 is 1.86 bits per heavy atom. The van der Waals surface area contributed by atoms with Crippen LogP contribution in [0.1, 0.15) is 36.0 Å². The van der Waals surface area contributed by atoms with Crippen molar-refractivity contribution in [1.82, 2.24) is 5.32 Å². The second-order valence-corrected chi connectivity index (χ2v) is 7.17. The maximum absolute atomic E-state index is 13.3. The van der Waals surface area contributed by atoms with Crippen LogP contribution in [0, 0.1) is 0 Å². The fourth-order valence-electron chi connectivity index (χ4n) is 3.36. The van der Waals surface area contributed by atoms with E-state index < -0.39 is 11.7 Å². The first kappa shape index (κ1) is 21.2. The van der Waals surface area contributed by atoms with Crippen molar-refractivity contribution in [1.29, 1.82) is 0 Å². The number of ether oxygens (including phenoxy) is 2. The van der Waals surface area contributed by atoms with Crippen molar-refractivity contribution < 1.29 is 27.4 Å². The number of hydrogen-bond donors (Lipinski definition) is 1. The van der Waals surface area contributed by atoms with E-state index in [1.807, 2.05) is 0 Å². The molecule has 0 radical (unpaired) electrons. The van der Waals surface area contributed by atoms with E-state index in [0.29, 0.717) is 40.6 Å². The van der Waals surface area contributed by atoms with Crippen LogP contribution in [-0.4, -0.2) is 26.2 Å². The lowest BCUT2D eigenvalue weighted by Crippen LogP contribution is -2.34. The summed E-state index contributed by atoms with van der Waals surface area (Å²) in [5, 5.41) is 3.34. The lowest BCUT2D eigenvalue weighted by atomic mass is 9.91. The summed E-state index contributed by atoms with van der Waals surface area (Å²) < 4.78 is 50.0. The fourth-order valence-corrected chi connectivity index (χ4v) is 3.36. The summed E-state index contributed by atoms with van der Waals surface area (Å²) in [6, 6.07) is 9.31. The average Bonchev–Trinajstić information content (AvgIpc) is 2.65. The molecular weight excluding hydrogens is 383 g/mol. The normalized spacial score (nSPS) is 14.4. The minimum Gasteiger partial charge on any atom is -0.496 e. The van der Waals surface area contributed by atoms with Crippen LogP contribution in [0.2, 0.25) is 0 Å². The third-order valence-corrected chi connectivity index (χ3v) is 5.25.